The van der Waals surface area contributed by atoms with Gasteiger partial charge >= 0.3 is 17.5 Å². The van der Waals surface area contributed by atoms with Crippen molar-refractivity contribution in [3.63, 3.8) is 0 Å². The highest BCUT2D eigenvalue weighted by Crippen LogP contribution is 2.54. The highest BCUT2D eigenvalue weighted by Gasteiger charge is 2.47. The van der Waals surface area contributed by atoms with Gasteiger partial charge in [-0.25, -0.2) is 19.5 Å². The van der Waals surface area contributed by atoms with Crippen molar-refractivity contribution in [2.75, 3.05) is 69.0 Å². The number of nitrogens with zero attached hydrogens (tertiary/aromatic N) is 12. The van der Waals surface area contributed by atoms with Crippen LogP contribution >= 0.6 is 0 Å². The summed E-state index contributed by atoms with van der Waals surface area (Å²) < 4.78 is 5.55. The summed E-state index contributed by atoms with van der Waals surface area (Å²) in [6.07, 6.45) is 18.7. The van der Waals surface area contributed by atoms with Gasteiger partial charge in [0.2, 0.25) is 34.3 Å². The lowest BCUT2D eigenvalue weighted by atomic mass is 9.88. The highest BCUT2D eigenvalue weighted by atomic mass is 16.7. The van der Waals surface area contributed by atoms with E-state index in [0.29, 0.717) is 60.0 Å². The smallest absolute Gasteiger partial charge is 0.323 e. The summed E-state index contributed by atoms with van der Waals surface area (Å²) in [4.78, 5) is 38.2. The third kappa shape index (κ3) is 7.52. The van der Waals surface area contributed by atoms with Gasteiger partial charge in [-0.05, 0) is 179 Å². The molecule has 1 atom stereocenters. The number of nitriles is 2. The molecule has 0 fully saturated rings. The molecule has 16 bridgehead atoms. The van der Waals surface area contributed by atoms with Gasteiger partial charge in [0.15, 0.2) is 25.7 Å². The lowest BCUT2D eigenvalue weighted by Gasteiger charge is -2.23. The quantitative estimate of drug-likeness (QED) is 0.107. The van der Waals surface area contributed by atoms with Crippen LogP contribution in [0.2, 0.25) is 0 Å². The van der Waals surface area contributed by atoms with Gasteiger partial charge in [-0.2, -0.15) is 10.5 Å². The van der Waals surface area contributed by atoms with Gasteiger partial charge in [-0.15, -0.1) is 0 Å². The Bertz CT molecular complexity index is 3760. The molecule has 0 amide bonds. The molecule has 380 valence electrons. The normalized spacial score (nSPS) is 18.4. The monoisotopic (exact) mass is 1020 g/mol. The Balaban J connectivity index is 0.831. The molecule has 0 radical (unpaired) electrons. The summed E-state index contributed by atoms with van der Waals surface area (Å²) >= 11 is 0. The molecular weight excluding hydrogens is 961 g/mol. The maximum atomic E-state index is 10.3. The first-order valence-electron chi connectivity index (χ1n) is 27.5. The number of hydrogen-bond donors (Lipinski definition) is 0. The Morgan fingerprint density at radius 2 is 0.922 bits per heavy atom. The highest BCUT2D eigenvalue weighted by molar-refractivity contribution is 5.92. The largest absolute Gasteiger partial charge is 0.332 e. The zero-order valence-corrected chi connectivity index (χ0v) is 43.0. The van der Waals surface area contributed by atoms with Crippen LogP contribution in [0.5, 0.6) is 17.2 Å². The van der Waals surface area contributed by atoms with Gasteiger partial charge in [0.25, 0.3) is 0 Å². The average molecular weight is 1020 g/mol. The van der Waals surface area contributed by atoms with E-state index in [-0.39, 0.29) is 0 Å². The van der Waals surface area contributed by atoms with Crippen LogP contribution in [-0.2, 0) is 38.5 Å². The van der Waals surface area contributed by atoms with Crippen molar-refractivity contribution in [2.24, 2.45) is 5.92 Å². The van der Waals surface area contributed by atoms with Crippen LogP contribution in [0.25, 0.3) is 4.85 Å². The van der Waals surface area contributed by atoms with Gasteiger partial charge < -0.3 is 19.5 Å². The first-order chi connectivity index (χ1) is 38.0. The van der Waals surface area contributed by atoms with Crippen molar-refractivity contribution < 1.29 is 28.7 Å². The van der Waals surface area contributed by atoms with Gasteiger partial charge in [0.1, 0.15) is 41.9 Å². The molecule has 4 aromatic carbocycles. The Hall–Kier alpha value is -9.00. The molecule has 13 heterocycles. The van der Waals surface area contributed by atoms with Gasteiger partial charge in [-0.3, -0.25) is 9.68 Å². The minimum absolute atomic E-state index is 0.441. The zero-order valence-electron chi connectivity index (χ0n) is 43.0. The van der Waals surface area contributed by atoms with E-state index in [1.54, 1.807) is 0 Å². The fourth-order valence-electron chi connectivity index (χ4n) is 13.5. The first kappa shape index (κ1) is 45.4. The molecule has 10 aliphatic rings. The molecule has 0 spiro atoms. The van der Waals surface area contributed by atoms with E-state index in [9.17, 15) is 10.5 Å². The maximum Gasteiger partial charge on any atom is 0.323 e. The Morgan fingerprint density at radius 1 is 0.468 bits per heavy atom. The number of aryl methyl sites for hydroxylation is 6. The summed E-state index contributed by atoms with van der Waals surface area (Å²) in [5.41, 5.74) is 15.8. The molecule has 7 aromatic rings. The minimum atomic E-state index is 0.441. The van der Waals surface area contributed by atoms with Crippen LogP contribution in [0, 0.1) is 35.2 Å². The summed E-state index contributed by atoms with van der Waals surface area (Å²) in [5.74, 6) is 5.27. The SMILES string of the molecule is [C-]#[N+]c1ccc2c3c1O[n+]1ccc4cc1N3CN2CCCc1ccc2cc1CCCN1CN3c5c1ccc(C#N)c5O[n+]1ccc(cc13)CCCC(CCc1cc[n+]3c(c1)N1CN(CCC2)c2ccc(C#N)c(c21)O3)CC4. The van der Waals surface area contributed by atoms with Crippen LogP contribution in [0.15, 0.2) is 110 Å². The third-order valence-corrected chi connectivity index (χ3v) is 17.4. The van der Waals surface area contributed by atoms with Crippen molar-refractivity contribution in [3.8, 4) is 29.4 Å². The summed E-state index contributed by atoms with van der Waals surface area (Å²) in [5, 5.41) is 20.5. The molecule has 0 saturated heterocycles. The molecule has 0 N–H and O–H groups in total. The number of hydrogen-bond acceptors (Lipinski definition) is 11. The predicted molar refractivity (Wildman–Crippen MR) is 291 cm³/mol. The first-order valence-corrected chi connectivity index (χ1v) is 27.5. The van der Waals surface area contributed by atoms with E-state index < -0.39 is 0 Å². The van der Waals surface area contributed by atoms with E-state index in [1.165, 1.54) is 33.4 Å². The number of anilines is 9. The lowest BCUT2D eigenvalue weighted by Crippen LogP contribution is -2.48. The van der Waals surface area contributed by atoms with Crippen LogP contribution in [-0.4, -0.2) is 39.6 Å². The fourth-order valence-corrected chi connectivity index (χ4v) is 13.5. The molecule has 15 heteroatoms. The van der Waals surface area contributed by atoms with Crippen LogP contribution in [0.3, 0.4) is 0 Å². The van der Waals surface area contributed by atoms with Crippen molar-refractivity contribution >= 4 is 57.3 Å². The number of fused-ring (bicyclic) bond motifs is 5. The van der Waals surface area contributed by atoms with Crippen molar-refractivity contribution in [1.82, 2.24) is 0 Å². The summed E-state index contributed by atoms with van der Waals surface area (Å²) in [7, 11) is 0. The van der Waals surface area contributed by atoms with E-state index in [4.69, 9.17) is 21.1 Å². The summed E-state index contributed by atoms with van der Waals surface area (Å²) in [6.45, 7) is 12.7. The lowest BCUT2D eigenvalue weighted by molar-refractivity contribution is -0.866. The minimum Gasteiger partial charge on any atom is -0.332 e. The van der Waals surface area contributed by atoms with Crippen LogP contribution < -0.4 is 58.1 Å². The molecular formula is C62H57N12O3+3. The van der Waals surface area contributed by atoms with Gasteiger partial charge in [0.05, 0.1) is 23.6 Å². The van der Waals surface area contributed by atoms with Gasteiger partial charge in [0, 0.05) is 37.8 Å². The molecule has 15 nitrogen and oxygen atoms in total. The Kier molecular flexibility index (Phi) is 10.7. The van der Waals surface area contributed by atoms with E-state index in [1.807, 2.05) is 51.0 Å². The number of aromatic nitrogens is 3. The molecule has 17 rings (SSSR count). The van der Waals surface area contributed by atoms with Crippen molar-refractivity contribution in [1.29, 1.82) is 10.5 Å². The second kappa shape index (κ2) is 18.1. The number of pyridine rings is 3. The Labute approximate surface area is 448 Å². The van der Waals surface area contributed by atoms with Crippen LogP contribution in [0.4, 0.5) is 57.3 Å². The maximum absolute atomic E-state index is 10.3. The van der Waals surface area contributed by atoms with Crippen molar-refractivity contribution in [3.05, 3.63) is 166 Å². The number of rotatable bonds is 0. The average Bonchev–Trinajstić information content (AvgIpc) is 4.33. The second-order valence-electron chi connectivity index (χ2n) is 21.9. The molecule has 77 heavy (non-hydrogen) atoms. The van der Waals surface area contributed by atoms with Crippen LogP contribution in [0.1, 0.15) is 89.5 Å². The predicted octanol–water partition coefficient (Wildman–Crippen LogP) is 9.79. The fraction of sp³-hybridized carbons (Fsp3) is 0.323. The van der Waals surface area contributed by atoms with Gasteiger partial charge in [-0.1, -0.05) is 30.7 Å². The molecule has 3 aromatic heterocycles. The molecule has 1 unspecified atom stereocenters. The van der Waals surface area contributed by atoms with E-state index in [2.05, 4.69) is 119 Å². The molecule has 0 saturated carbocycles. The van der Waals surface area contributed by atoms with Crippen molar-refractivity contribution in [2.45, 2.75) is 83.5 Å². The standard InChI is InChI=1S/C62H57N12O3/c1-65-50-19-22-53-59-62(50)77-74-31-25-45-14-12-41-6-2-7-43-23-29-72-54(33-43)69-39-67(52-21-18-49(37-64)61(75-72)58(52)69)28-5-10-47-32-42(15-16-46(47)9-4-27-68(53)40-71(59)56(74)35-45)8-3-26-66-38-70-55-34-44(13-11-41)24-30-73(55)76-60-48(36-63)17-20-51(66)57(60)70/h15-25,29-35,41H,2-14,26-28,38-40H2/q+3. The van der Waals surface area contributed by atoms with E-state index >= 15 is 0 Å². The topological polar surface area (TPSA) is 111 Å². The van der Waals surface area contributed by atoms with E-state index in [0.717, 1.165) is 155 Å². The third-order valence-electron chi connectivity index (χ3n) is 17.4. The molecule has 10 aliphatic heterocycles. The molecule has 0 aliphatic carbocycles. The zero-order chi connectivity index (χ0) is 51.3. The Morgan fingerprint density at radius 3 is 1.45 bits per heavy atom. The summed E-state index contributed by atoms with van der Waals surface area (Å²) in [6, 6.07) is 37.6. The number of benzene rings is 4. The second-order valence-corrected chi connectivity index (χ2v) is 21.9.